The Kier molecular flexibility index (Phi) is 4.78. The molecule has 0 aromatic heterocycles. The molecule has 1 atom stereocenters. The lowest BCUT2D eigenvalue weighted by atomic mass is 9.90. The summed E-state index contributed by atoms with van der Waals surface area (Å²) < 4.78 is 0. The summed E-state index contributed by atoms with van der Waals surface area (Å²) in [7, 11) is 0. The highest BCUT2D eigenvalue weighted by Gasteiger charge is 2.22. The lowest BCUT2D eigenvalue weighted by Gasteiger charge is -2.34. The van der Waals surface area contributed by atoms with Crippen LogP contribution in [0.3, 0.4) is 0 Å². The summed E-state index contributed by atoms with van der Waals surface area (Å²) in [5, 5.41) is 0. The van der Waals surface area contributed by atoms with Crippen LogP contribution in [0.5, 0.6) is 0 Å². The van der Waals surface area contributed by atoms with Crippen LogP contribution in [0, 0.1) is 12.8 Å². The van der Waals surface area contributed by atoms with E-state index < -0.39 is 0 Å². The highest BCUT2D eigenvalue weighted by atomic mass is 16.1. The molecule has 0 spiro atoms. The van der Waals surface area contributed by atoms with Crippen molar-refractivity contribution in [2.24, 2.45) is 17.4 Å². The largest absolute Gasteiger partial charge is 0.366 e. The summed E-state index contributed by atoms with van der Waals surface area (Å²) in [5.41, 5.74) is 14.3. The van der Waals surface area contributed by atoms with Gasteiger partial charge in [0.05, 0.1) is 0 Å². The Morgan fingerprint density at radius 2 is 2.05 bits per heavy atom. The van der Waals surface area contributed by atoms with E-state index in [2.05, 4.69) is 11.8 Å². The Bertz CT molecular complexity index is 477. The van der Waals surface area contributed by atoms with Gasteiger partial charge in [0.1, 0.15) is 0 Å². The molecule has 20 heavy (non-hydrogen) atoms. The number of aryl methyl sites for hydroxylation is 1. The van der Waals surface area contributed by atoms with Gasteiger partial charge in [-0.15, -0.1) is 0 Å². The Hall–Kier alpha value is -1.39. The fourth-order valence-electron chi connectivity index (χ4n) is 2.90. The number of benzene rings is 1. The summed E-state index contributed by atoms with van der Waals surface area (Å²) in [6.07, 6.45) is 2.35. The van der Waals surface area contributed by atoms with E-state index in [4.69, 9.17) is 11.5 Å². The molecule has 1 saturated heterocycles. The van der Waals surface area contributed by atoms with Crippen molar-refractivity contribution in [3.63, 3.8) is 0 Å². The molecule has 0 saturated carbocycles. The molecule has 1 heterocycles. The summed E-state index contributed by atoms with van der Waals surface area (Å²) in [5.74, 6) is 0.294. The van der Waals surface area contributed by atoms with Gasteiger partial charge >= 0.3 is 0 Å². The standard InChI is InChI=1S/C16H25N3O/c1-11-9-14(16(18)20)3-4-15(11)10-19-7-5-13(6-8-19)12(2)17/h3-4,9,12-13H,5-8,10,17H2,1-2H3,(H2,18,20). The Labute approximate surface area is 121 Å². The second kappa shape index (κ2) is 6.37. The highest BCUT2D eigenvalue weighted by molar-refractivity contribution is 5.93. The van der Waals surface area contributed by atoms with E-state index in [0.717, 1.165) is 25.2 Å². The maximum absolute atomic E-state index is 11.2. The number of carbonyl (C=O) groups is 1. The normalized spacial score (nSPS) is 18.9. The molecule has 1 fully saturated rings. The van der Waals surface area contributed by atoms with E-state index in [1.54, 1.807) is 0 Å². The van der Waals surface area contributed by atoms with E-state index in [9.17, 15) is 4.79 Å². The number of hydrogen-bond donors (Lipinski definition) is 2. The Morgan fingerprint density at radius 3 is 2.55 bits per heavy atom. The van der Waals surface area contributed by atoms with Crippen molar-refractivity contribution in [1.29, 1.82) is 0 Å². The van der Waals surface area contributed by atoms with Gasteiger partial charge in [0.2, 0.25) is 5.91 Å². The van der Waals surface area contributed by atoms with E-state index in [0.29, 0.717) is 17.5 Å². The number of likely N-dealkylation sites (tertiary alicyclic amines) is 1. The fraction of sp³-hybridized carbons (Fsp3) is 0.562. The molecule has 1 amide bonds. The highest BCUT2D eigenvalue weighted by Crippen LogP contribution is 2.22. The van der Waals surface area contributed by atoms with Crippen LogP contribution in [0.4, 0.5) is 0 Å². The molecule has 4 nitrogen and oxygen atoms in total. The minimum absolute atomic E-state index is 0.300. The smallest absolute Gasteiger partial charge is 0.248 e. The van der Waals surface area contributed by atoms with Crippen LogP contribution in [0.2, 0.25) is 0 Å². The molecule has 0 bridgehead atoms. The van der Waals surface area contributed by atoms with Gasteiger partial charge in [0.25, 0.3) is 0 Å². The summed E-state index contributed by atoms with van der Waals surface area (Å²) in [6, 6.07) is 6.02. The fourth-order valence-corrected chi connectivity index (χ4v) is 2.90. The lowest BCUT2D eigenvalue weighted by Crippen LogP contribution is -2.39. The quantitative estimate of drug-likeness (QED) is 0.877. The van der Waals surface area contributed by atoms with Gasteiger partial charge in [-0.1, -0.05) is 6.07 Å². The molecule has 4 N–H and O–H groups in total. The number of rotatable bonds is 4. The maximum Gasteiger partial charge on any atom is 0.248 e. The van der Waals surface area contributed by atoms with Crippen molar-refractivity contribution in [2.45, 2.75) is 39.3 Å². The average molecular weight is 275 g/mol. The molecular formula is C16H25N3O. The van der Waals surface area contributed by atoms with Crippen molar-refractivity contribution < 1.29 is 4.79 Å². The third-order valence-electron chi connectivity index (χ3n) is 4.40. The number of amides is 1. The number of piperidine rings is 1. The molecule has 1 aromatic carbocycles. The summed E-state index contributed by atoms with van der Waals surface area (Å²) in [6.45, 7) is 7.28. The van der Waals surface area contributed by atoms with Gasteiger partial charge in [0, 0.05) is 18.2 Å². The summed E-state index contributed by atoms with van der Waals surface area (Å²) >= 11 is 0. The number of carbonyl (C=O) groups excluding carboxylic acids is 1. The zero-order valence-electron chi connectivity index (χ0n) is 12.4. The molecule has 0 radical (unpaired) electrons. The predicted molar refractivity (Wildman–Crippen MR) is 81.3 cm³/mol. The molecule has 1 aromatic rings. The molecule has 110 valence electrons. The van der Waals surface area contributed by atoms with Crippen molar-refractivity contribution in [1.82, 2.24) is 4.90 Å². The van der Waals surface area contributed by atoms with Gasteiger partial charge in [-0.3, -0.25) is 9.69 Å². The molecule has 1 unspecified atom stereocenters. The van der Waals surface area contributed by atoms with Crippen LogP contribution in [0.15, 0.2) is 18.2 Å². The molecule has 2 rings (SSSR count). The first kappa shape index (κ1) is 15.0. The number of primary amides is 1. The van der Waals surface area contributed by atoms with E-state index >= 15 is 0 Å². The number of nitrogens with two attached hydrogens (primary N) is 2. The first-order chi connectivity index (χ1) is 9.47. The lowest BCUT2D eigenvalue weighted by molar-refractivity contribution is 0.1000. The van der Waals surface area contributed by atoms with E-state index in [1.807, 2.05) is 25.1 Å². The van der Waals surface area contributed by atoms with Crippen molar-refractivity contribution >= 4 is 5.91 Å². The van der Waals surface area contributed by atoms with Crippen LogP contribution in [0.25, 0.3) is 0 Å². The molecule has 0 aliphatic carbocycles. The van der Waals surface area contributed by atoms with Gasteiger partial charge in [-0.25, -0.2) is 0 Å². The van der Waals surface area contributed by atoms with Crippen molar-refractivity contribution in [2.75, 3.05) is 13.1 Å². The zero-order chi connectivity index (χ0) is 14.7. The van der Waals surface area contributed by atoms with Gasteiger partial charge in [0.15, 0.2) is 0 Å². The van der Waals surface area contributed by atoms with E-state index in [-0.39, 0.29) is 5.91 Å². The summed E-state index contributed by atoms with van der Waals surface area (Å²) in [4.78, 5) is 13.6. The van der Waals surface area contributed by atoms with Crippen molar-refractivity contribution in [3.8, 4) is 0 Å². The second-order valence-corrected chi connectivity index (χ2v) is 5.98. The first-order valence-corrected chi connectivity index (χ1v) is 7.34. The minimum Gasteiger partial charge on any atom is -0.366 e. The van der Waals surface area contributed by atoms with Crippen molar-refractivity contribution in [3.05, 3.63) is 34.9 Å². The van der Waals surface area contributed by atoms with Crippen LogP contribution < -0.4 is 11.5 Å². The molecular weight excluding hydrogens is 250 g/mol. The van der Waals surface area contributed by atoms with Gasteiger partial charge in [-0.05, 0) is 69.0 Å². The topological polar surface area (TPSA) is 72.4 Å². The average Bonchev–Trinajstić information content (AvgIpc) is 2.41. The van der Waals surface area contributed by atoms with Crippen LogP contribution >= 0.6 is 0 Å². The van der Waals surface area contributed by atoms with Gasteiger partial charge < -0.3 is 11.5 Å². The first-order valence-electron chi connectivity index (χ1n) is 7.34. The minimum atomic E-state index is -0.364. The van der Waals surface area contributed by atoms with Gasteiger partial charge in [-0.2, -0.15) is 0 Å². The third-order valence-corrected chi connectivity index (χ3v) is 4.40. The van der Waals surface area contributed by atoms with E-state index in [1.165, 1.54) is 18.4 Å². The zero-order valence-corrected chi connectivity index (χ0v) is 12.4. The van der Waals surface area contributed by atoms with Crippen LogP contribution in [-0.4, -0.2) is 29.9 Å². The Morgan fingerprint density at radius 1 is 1.40 bits per heavy atom. The number of nitrogens with zero attached hydrogens (tertiary/aromatic N) is 1. The predicted octanol–water partition coefficient (Wildman–Crippen LogP) is 1.65. The molecule has 1 aliphatic rings. The molecule has 4 heteroatoms. The SMILES string of the molecule is Cc1cc(C(N)=O)ccc1CN1CCC(C(C)N)CC1. The van der Waals surface area contributed by atoms with Crippen LogP contribution in [-0.2, 0) is 6.54 Å². The second-order valence-electron chi connectivity index (χ2n) is 5.98. The Balaban J connectivity index is 1.96. The molecule has 1 aliphatic heterocycles. The van der Waals surface area contributed by atoms with Crippen LogP contribution in [0.1, 0.15) is 41.3 Å². The maximum atomic E-state index is 11.2. The number of hydrogen-bond acceptors (Lipinski definition) is 3. The monoisotopic (exact) mass is 275 g/mol. The third kappa shape index (κ3) is 3.58.